The van der Waals surface area contributed by atoms with Gasteiger partial charge in [-0.3, -0.25) is 0 Å². The minimum Gasteiger partial charge on any atom is -0.300 e. The lowest BCUT2D eigenvalue weighted by Gasteiger charge is -2.17. The zero-order valence-electron chi connectivity index (χ0n) is 9.96. The molecule has 0 amide bonds. The molecule has 0 fully saturated rings. The van der Waals surface area contributed by atoms with Crippen molar-refractivity contribution in [1.29, 1.82) is 0 Å². The maximum Gasteiger partial charge on any atom is 0.0652 e. The highest BCUT2D eigenvalue weighted by atomic mass is 14.9. The van der Waals surface area contributed by atoms with Gasteiger partial charge < -0.3 is 4.57 Å². The molecule has 16 heavy (non-hydrogen) atoms. The molecule has 2 aromatic rings. The maximum atomic E-state index is 3.22. The van der Waals surface area contributed by atoms with Crippen LogP contribution in [0.15, 0.2) is 18.2 Å². The second kappa shape index (κ2) is 2.92. The van der Waals surface area contributed by atoms with Gasteiger partial charge in [0.25, 0.3) is 0 Å². The van der Waals surface area contributed by atoms with Crippen LogP contribution in [0.25, 0.3) is 17.0 Å². The Morgan fingerprint density at radius 3 is 2.88 bits per heavy atom. The highest BCUT2D eigenvalue weighted by Gasteiger charge is 2.25. The molecule has 0 spiro atoms. The van der Waals surface area contributed by atoms with Crippen molar-refractivity contribution < 1.29 is 0 Å². The summed E-state index contributed by atoms with van der Waals surface area (Å²) >= 11 is 0. The minimum atomic E-state index is 0.158. The number of aryl methyl sites for hydroxylation is 1. The lowest BCUT2D eigenvalue weighted by molar-refractivity contribution is 0.684. The van der Waals surface area contributed by atoms with E-state index in [1.165, 1.54) is 22.0 Å². The molecule has 1 aromatic carbocycles. The van der Waals surface area contributed by atoms with E-state index in [4.69, 9.17) is 0 Å². The van der Waals surface area contributed by atoms with E-state index in [-0.39, 0.29) is 5.41 Å². The van der Waals surface area contributed by atoms with E-state index in [2.05, 4.69) is 61.9 Å². The van der Waals surface area contributed by atoms with Crippen LogP contribution in [0.3, 0.4) is 0 Å². The first-order chi connectivity index (χ1) is 7.62. The van der Waals surface area contributed by atoms with Gasteiger partial charge in [0, 0.05) is 18.2 Å². The molecule has 0 saturated heterocycles. The molecule has 1 heterocycles. The highest BCUT2D eigenvalue weighted by molar-refractivity contribution is 5.84. The molecule has 3 rings (SSSR count). The van der Waals surface area contributed by atoms with Crippen LogP contribution in [0.1, 0.15) is 31.9 Å². The number of hydrogen-bond acceptors (Lipinski definition) is 0. The van der Waals surface area contributed by atoms with E-state index in [0.717, 1.165) is 6.54 Å². The number of hydrogen-bond donors (Lipinski definition) is 0. The number of fused-ring (bicyclic) bond motifs is 2. The quantitative estimate of drug-likeness (QED) is 0.676. The van der Waals surface area contributed by atoms with Gasteiger partial charge in [-0.25, -0.2) is 0 Å². The summed E-state index contributed by atoms with van der Waals surface area (Å²) in [5.74, 6) is 0. The molecule has 0 atom stereocenters. The summed E-state index contributed by atoms with van der Waals surface area (Å²) < 4.78 is 2.12. The standard InChI is InChI=1S/C15H15N/c1-4-16-8-6-12-9-13-11(10-14(12)16)5-7-15(13,2)3/h5,7,9-10H,4H2,1-3H3. The van der Waals surface area contributed by atoms with E-state index >= 15 is 0 Å². The van der Waals surface area contributed by atoms with Crippen molar-refractivity contribution >= 4 is 17.0 Å². The fraction of sp³-hybridized carbons (Fsp3) is 0.333. The van der Waals surface area contributed by atoms with Crippen molar-refractivity contribution in [2.45, 2.75) is 32.7 Å². The molecule has 1 nitrogen and oxygen atoms in total. The lowest BCUT2D eigenvalue weighted by Crippen LogP contribution is -2.10. The van der Waals surface area contributed by atoms with Crippen molar-refractivity contribution in [3.05, 3.63) is 41.6 Å². The van der Waals surface area contributed by atoms with Crippen molar-refractivity contribution in [1.82, 2.24) is 4.57 Å². The lowest BCUT2D eigenvalue weighted by atomic mass is 9.86. The van der Waals surface area contributed by atoms with Gasteiger partial charge in [-0.15, -0.1) is 0 Å². The SMILES string of the molecule is CCn1c#cc2cc3c(cc21)C=CC3(C)C. The first-order valence-electron chi connectivity index (χ1n) is 5.79. The number of rotatable bonds is 1. The van der Waals surface area contributed by atoms with Crippen molar-refractivity contribution in [3.8, 4) is 0 Å². The van der Waals surface area contributed by atoms with Gasteiger partial charge in [0.2, 0.25) is 0 Å². The van der Waals surface area contributed by atoms with Gasteiger partial charge >= 0.3 is 0 Å². The average molecular weight is 209 g/mol. The Morgan fingerprint density at radius 2 is 2.12 bits per heavy atom. The van der Waals surface area contributed by atoms with Crippen LogP contribution in [0.4, 0.5) is 0 Å². The van der Waals surface area contributed by atoms with Crippen LogP contribution >= 0.6 is 0 Å². The molecule has 0 bridgehead atoms. The smallest absolute Gasteiger partial charge is 0.0652 e. The summed E-state index contributed by atoms with van der Waals surface area (Å²) in [6, 6.07) is 7.73. The van der Waals surface area contributed by atoms with Crippen LogP contribution in [0.2, 0.25) is 0 Å². The predicted molar refractivity (Wildman–Crippen MR) is 67.3 cm³/mol. The fourth-order valence-corrected chi connectivity index (χ4v) is 2.45. The van der Waals surface area contributed by atoms with Crippen LogP contribution in [-0.2, 0) is 12.0 Å². The molecule has 1 aromatic heterocycles. The number of nitrogens with zero attached hydrogens (tertiary/aromatic N) is 1. The number of allylic oxidation sites excluding steroid dienone is 1. The second-order valence-electron chi connectivity index (χ2n) is 4.99. The van der Waals surface area contributed by atoms with Gasteiger partial charge in [0.15, 0.2) is 0 Å². The molecule has 0 aliphatic heterocycles. The molecule has 1 heteroatoms. The molecule has 1 aliphatic carbocycles. The predicted octanol–water partition coefficient (Wildman–Crippen LogP) is 3.57. The summed E-state index contributed by atoms with van der Waals surface area (Å²) in [5.41, 5.74) is 4.14. The Hall–Kier alpha value is -1.68. The van der Waals surface area contributed by atoms with Gasteiger partial charge in [0.05, 0.1) is 10.9 Å². The Balaban J connectivity index is 2.31. The third-order valence-electron chi connectivity index (χ3n) is 3.47. The maximum absolute atomic E-state index is 3.22. The highest BCUT2D eigenvalue weighted by Crippen LogP contribution is 2.37. The number of aromatic nitrogens is 1. The van der Waals surface area contributed by atoms with Crippen LogP contribution in [-0.4, -0.2) is 4.57 Å². The van der Waals surface area contributed by atoms with Gasteiger partial charge in [-0.1, -0.05) is 26.0 Å². The van der Waals surface area contributed by atoms with Crippen molar-refractivity contribution in [3.63, 3.8) is 0 Å². The molecule has 0 saturated carbocycles. The third kappa shape index (κ3) is 1.13. The van der Waals surface area contributed by atoms with E-state index < -0.39 is 0 Å². The summed E-state index contributed by atoms with van der Waals surface area (Å²) in [4.78, 5) is 0. The van der Waals surface area contributed by atoms with E-state index in [9.17, 15) is 0 Å². The Bertz CT molecular complexity index is 585. The van der Waals surface area contributed by atoms with Crippen LogP contribution in [0, 0.1) is 12.3 Å². The number of benzene rings is 1. The summed E-state index contributed by atoms with van der Waals surface area (Å²) in [5, 5.41) is 1.18. The minimum absolute atomic E-state index is 0.158. The molecule has 1 aliphatic rings. The Kier molecular flexibility index (Phi) is 1.74. The topological polar surface area (TPSA) is 4.93 Å². The van der Waals surface area contributed by atoms with E-state index in [0.29, 0.717) is 0 Å². The van der Waals surface area contributed by atoms with E-state index in [1.807, 2.05) is 0 Å². The largest absolute Gasteiger partial charge is 0.300 e. The third-order valence-corrected chi connectivity index (χ3v) is 3.47. The van der Waals surface area contributed by atoms with E-state index in [1.54, 1.807) is 0 Å². The van der Waals surface area contributed by atoms with Crippen molar-refractivity contribution in [2.75, 3.05) is 0 Å². The van der Waals surface area contributed by atoms with Crippen LogP contribution < -0.4 is 0 Å². The van der Waals surface area contributed by atoms with Gasteiger partial charge in [0.1, 0.15) is 0 Å². The Labute approximate surface area is 96.4 Å². The zero-order chi connectivity index (χ0) is 11.3. The first kappa shape index (κ1) is 9.54. The summed E-state index contributed by atoms with van der Waals surface area (Å²) in [6.45, 7) is 7.59. The Morgan fingerprint density at radius 1 is 1.31 bits per heavy atom. The molecule has 0 radical (unpaired) electrons. The molecular weight excluding hydrogens is 194 g/mol. The summed E-state index contributed by atoms with van der Waals surface area (Å²) in [7, 11) is 0. The molecule has 0 N–H and O–H groups in total. The molecule has 80 valence electrons. The van der Waals surface area contributed by atoms with Crippen molar-refractivity contribution in [2.24, 2.45) is 0 Å². The average Bonchev–Trinajstić information content (AvgIpc) is 2.78. The van der Waals surface area contributed by atoms with Crippen LogP contribution in [0.5, 0.6) is 0 Å². The van der Waals surface area contributed by atoms with Gasteiger partial charge in [-0.2, -0.15) is 0 Å². The normalized spacial score (nSPS) is 16.4. The van der Waals surface area contributed by atoms with Gasteiger partial charge in [-0.05, 0) is 36.2 Å². The molecule has 0 unspecified atom stereocenters. The monoisotopic (exact) mass is 209 g/mol. The first-order valence-corrected chi connectivity index (χ1v) is 5.79. The fourth-order valence-electron chi connectivity index (χ4n) is 2.45. The summed E-state index contributed by atoms with van der Waals surface area (Å²) in [6.07, 6.45) is 7.66. The molecular formula is C15H15N. The zero-order valence-corrected chi connectivity index (χ0v) is 9.96. The second-order valence-corrected chi connectivity index (χ2v) is 4.99.